The van der Waals surface area contributed by atoms with E-state index >= 15 is 0 Å². The van der Waals surface area contributed by atoms with Crippen molar-refractivity contribution in [2.45, 2.75) is 13.5 Å². The van der Waals surface area contributed by atoms with Gasteiger partial charge in [-0.2, -0.15) is 9.97 Å². The van der Waals surface area contributed by atoms with E-state index in [-0.39, 0.29) is 5.28 Å². The van der Waals surface area contributed by atoms with Crippen LogP contribution in [-0.4, -0.2) is 20.1 Å². The number of anilines is 1. The Hall–Kier alpha value is -1.40. The van der Waals surface area contributed by atoms with Crippen molar-refractivity contribution in [2.75, 3.05) is 5.32 Å². The fourth-order valence-electron chi connectivity index (χ4n) is 1.05. The van der Waals surface area contributed by atoms with Crippen molar-refractivity contribution < 1.29 is 4.52 Å². The number of aromatic nitrogens is 4. The quantitative estimate of drug-likeness (QED) is 0.851. The van der Waals surface area contributed by atoms with Crippen molar-refractivity contribution in [3.05, 3.63) is 28.2 Å². The van der Waals surface area contributed by atoms with Crippen LogP contribution in [0.4, 0.5) is 5.82 Å². The average molecular weight is 260 g/mol. The fourth-order valence-corrected chi connectivity index (χ4v) is 1.34. The molecular weight excluding hydrogens is 253 g/mol. The molecule has 0 radical (unpaired) electrons. The van der Waals surface area contributed by atoms with Gasteiger partial charge in [0.25, 0.3) is 0 Å². The maximum Gasteiger partial charge on any atom is 0.224 e. The van der Waals surface area contributed by atoms with Gasteiger partial charge in [0.15, 0.2) is 5.82 Å². The Kier molecular flexibility index (Phi) is 3.21. The van der Waals surface area contributed by atoms with Crippen LogP contribution in [0.2, 0.25) is 10.3 Å². The van der Waals surface area contributed by atoms with Crippen molar-refractivity contribution in [1.82, 2.24) is 20.1 Å². The van der Waals surface area contributed by atoms with Gasteiger partial charge in [0, 0.05) is 6.92 Å². The van der Waals surface area contributed by atoms with E-state index in [0.717, 1.165) is 0 Å². The van der Waals surface area contributed by atoms with Crippen LogP contribution in [0.1, 0.15) is 11.7 Å². The summed E-state index contributed by atoms with van der Waals surface area (Å²) >= 11 is 11.5. The number of nitrogens with one attached hydrogen (secondary N) is 1. The Labute approximate surface area is 101 Å². The predicted octanol–water partition coefficient (Wildman–Crippen LogP) is 2.09. The lowest BCUT2D eigenvalue weighted by molar-refractivity contribution is 0.388. The van der Waals surface area contributed by atoms with Gasteiger partial charge < -0.3 is 9.84 Å². The second kappa shape index (κ2) is 4.63. The smallest absolute Gasteiger partial charge is 0.224 e. The number of hydrogen-bond donors (Lipinski definition) is 1. The Morgan fingerprint density at radius 3 is 2.88 bits per heavy atom. The van der Waals surface area contributed by atoms with E-state index in [1.807, 2.05) is 0 Å². The molecule has 0 aliphatic rings. The van der Waals surface area contributed by atoms with E-state index in [0.29, 0.717) is 29.1 Å². The Morgan fingerprint density at radius 2 is 2.19 bits per heavy atom. The topological polar surface area (TPSA) is 76.7 Å². The molecule has 0 bridgehead atoms. The first-order valence-electron chi connectivity index (χ1n) is 4.36. The van der Waals surface area contributed by atoms with Gasteiger partial charge in [0.05, 0.1) is 12.7 Å². The van der Waals surface area contributed by atoms with Gasteiger partial charge >= 0.3 is 0 Å². The van der Waals surface area contributed by atoms with Crippen molar-refractivity contribution in [3.8, 4) is 0 Å². The summed E-state index contributed by atoms with van der Waals surface area (Å²) in [5, 5.41) is 7.15. The van der Waals surface area contributed by atoms with Crippen molar-refractivity contribution in [3.63, 3.8) is 0 Å². The molecule has 0 aliphatic carbocycles. The van der Waals surface area contributed by atoms with Crippen LogP contribution >= 0.6 is 23.2 Å². The van der Waals surface area contributed by atoms with E-state index < -0.39 is 0 Å². The number of rotatable bonds is 3. The molecule has 0 fully saturated rings. The molecule has 0 atom stereocenters. The summed E-state index contributed by atoms with van der Waals surface area (Å²) in [5.41, 5.74) is 0. The van der Waals surface area contributed by atoms with E-state index in [4.69, 9.17) is 27.7 Å². The van der Waals surface area contributed by atoms with E-state index in [1.54, 1.807) is 6.92 Å². The molecule has 2 aromatic rings. The van der Waals surface area contributed by atoms with Gasteiger partial charge in [-0.05, 0) is 11.6 Å². The molecule has 0 aromatic carbocycles. The van der Waals surface area contributed by atoms with Crippen LogP contribution in [0.25, 0.3) is 0 Å². The Morgan fingerprint density at radius 1 is 1.38 bits per heavy atom. The number of hydrogen-bond acceptors (Lipinski definition) is 6. The monoisotopic (exact) mass is 259 g/mol. The summed E-state index contributed by atoms with van der Waals surface area (Å²) < 4.78 is 4.81. The maximum absolute atomic E-state index is 5.86. The molecule has 0 unspecified atom stereocenters. The van der Waals surface area contributed by atoms with Crippen LogP contribution in [0.15, 0.2) is 10.7 Å². The molecule has 0 aliphatic heterocycles. The van der Waals surface area contributed by atoms with E-state index in [1.165, 1.54) is 6.20 Å². The summed E-state index contributed by atoms with van der Waals surface area (Å²) in [4.78, 5) is 11.7. The zero-order valence-corrected chi connectivity index (χ0v) is 9.75. The van der Waals surface area contributed by atoms with Crippen molar-refractivity contribution in [1.29, 1.82) is 0 Å². The lowest BCUT2D eigenvalue weighted by atomic mass is 10.5. The highest BCUT2D eigenvalue weighted by molar-refractivity contribution is 6.33. The first kappa shape index (κ1) is 11.1. The van der Waals surface area contributed by atoms with Crippen molar-refractivity contribution in [2.24, 2.45) is 0 Å². The molecular formula is C8H7Cl2N5O. The summed E-state index contributed by atoms with van der Waals surface area (Å²) in [6, 6.07) is 0. The Bertz CT molecular complexity index is 501. The normalized spacial score (nSPS) is 10.4. The molecule has 1 N–H and O–H groups in total. The molecule has 0 spiro atoms. The SMILES string of the molecule is Cc1nc(CNc2nc(Cl)ncc2Cl)no1. The van der Waals surface area contributed by atoms with Gasteiger partial charge in [-0.15, -0.1) is 0 Å². The van der Waals surface area contributed by atoms with Gasteiger partial charge in [0.1, 0.15) is 10.8 Å². The molecule has 8 heteroatoms. The van der Waals surface area contributed by atoms with Gasteiger partial charge in [-0.3, -0.25) is 0 Å². The molecule has 16 heavy (non-hydrogen) atoms. The molecule has 0 amide bonds. The first-order chi connectivity index (χ1) is 7.65. The minimum absolute atomic E-state index is 0.121. The third kappa shape index (κ3) is 2.59. The van der Waals surface area contributed by atoms with E-state index in [9.17, 15) is 0 Å². The lowest BCUT2D eigenvalue weighted by Crippen LogP contribution is -2.04. The molecule has 2 heterocycles. The van der Waals surface area contributed by atoms with Crippen LogP contribution in [0.3, 0.4) is 0 Å². The Balaban J connectivity index is 2.07. The third-order valence-electron chi connectivity index (χ3n) is 1.70. The molecule has 6 nitrogen and oxygen atoms in total. The fraction of sp³-hybridized carbons (Fsp3) is 0.250. The average Bonchev–Trinajstić information content (AvgIpc) is 2.66. The highest BCUT2D eigenvalue weighted by Gasteiger charge is 2.06. The zero-order valence-electron chi connectivity index (χ0n) is 8.24. The first-order valence-corrected chi connectivity index (χ1v) is 5.12. The second-order valence-electron chi connectivity index (χ2n) is 2.92. The van der Waals surface area contributed by atoms with Gasteiger partial charge in [-0.25, -0.2) is 4.98 Å². The summed E-state index contributed by atoms with van der Waals surface area (Å²) in [6.07, 6.45) is 1.42. The van der Waals surface area contributed by atoms with Crippen LogP contribution in [0.5, 0.6) is 0 Å². The summed E-state index contributed by atoms with van der Waals surface area (Å²) in [7, 11) is 0. The van der Waals surface area contributed by atoms with Gasteiger partial charge in [-0.1, -0.05) is 16.8 Å². The summed E-state index contributed by atoms with van der Waals surface area (Å²) in [5.74, 6) is 1.45. The van der Waals surface area contributed by atoms with E-state index in [2.05, 4.69) is 25.4 Å². The number of halogens is 2. The standard InChI is InChI=1S/C8H7Cl2N5O/c1-4-13-6(15-16-4)3-11-7-5(9)2-12-8(10)14-7/h2H,3H2,1H3,(H,11,12,14). The largest absolute Gasteiger partial charge is 0.361 e. The van der Waals surface area contributed by atoms with Crippen molar-refractivity contribution >= 4 is 29.0 Å². The number of aryl methyl sites for hydroxylation is 1. The molecule has 84 valence electrons. The molecule has 0 saturated heterocycles. The second-order valence-corrected chi connectivity index (χ2v) is 3.66. The minimum Gasteiger partial charge on any atom is -0.361 e. The highest BCUT2D eigenvalue weighted by Crippen LogP contribution is 2.19. The predicted molar refractivity (Wildman–Crippen MR) is 58.4 cm³/mol. The number of nitrogens with zero attached hydrogens (tertiary/aromatic N) is 4. The van der Waals surface area contributed by atoms with Crippen LogP contribution in [-0.2, 0) is 6.54 Å². The molecule has 0 saturated carbocycles. The highest BCUT2D eigenvalue weighted by atomic mass is 35.5. The zero-order chi connectivity index (χ0) is 11.5. The maximum atomic E-state index is 5.86. The van der Waals surface area contributed by atoms with Gasteiger partial charge in [0.2, 0.25) is 11.2 Å². The lowest BCUT2D eigenvalue weighted by Gasteiger charge is -2.03. The summed E-state index contributed by atoms with van der Waals surface area (Å²) in [6.45, 7) is 2.06. The van der Waals surface area contributed by atoms with Crippen LogP contribution in [0, 0.1) is 6.92 Å². The minimum atomic E-state index is 0.121. The molecule has 2 rings (SSSR count). The van der Waals surface area contributed by atoms with Crippen LogP contribution < -0.4 is 5.32 Å². The third-order valence-corrected chi connectivity index (χ3v) is 2.16. The molecule has 2 aromatic heterocycles.